The Hall–Kier alpha value is -2.81. The van der Waals surface area contributed by atoms with Crippen molar-refractivity contribution < 1.29 is 22.4 Å². The summed E-state index contributed by atoms with van der Waals surface area (Å²) in [5.74, 6) is -0.735. The zero-order valence-electron chi connectivity index (χ0n) is 13.8. The van der Waals surface area contributed by atoms with Crippen molar-refractivity contribution in [2.45, 2.75) is 13.0 Å². The van der Waals surface area contributed by atoms with Gasteiger partial charge in [-0.3, -0.25) is 14.3 Å². The van der Waals surface area contributed by atoms with Gasteiger partial charge in [0, 0.05) is 5.69 Å². The molecular weight excluding hydrogens is 346 g/mol. The molecule has 2 rings (SSSR count). The average molecular weight is 365 g/mol. The molecule has 0 spiro atoms. The molecule has 0 saturated carbocycles. The fourth-order valence-electron chi connectivity index (χ4n) is 2.12. The molecule has 2 amide bonds. The second-order valence-corrected chi connectivity index (χ2v) is 7.20. The first-order valence-corrected chi connectivity index (χ1v) is 9.32. The Labute approximate surface area is 145 Å². The molecule has 0 bridgehead atoms. The van der Waals surface area contributed by atoms with Gasteiger partial charge in [0.2, 0.25) is 15.9 Å². The van der Waals surface area contributed by atoms with E-state index in [0.29, 0.717) is 5.69 Å². The third-order valence-electron chi connectivity index (χ3n) is 3.22. The van der Waals surface area contributed by atoms with Gasteiger partial charge in [0.25, 0.3) is 5.91 Å². The molecule has 134 valence electrons. The lowest BCUT2D eigenvalue weighted by atomic mass is 10.1. The molecule has 8 nitrogen and oxygen atoms in total. The minimum atomic E-state index is -3.38. The van der Waals surface area contributed by atoms with Gasteiger partial charge in [-0.15, -0.1) is 0 Å². The van der Waals surface area contributed by atoms with Crippen molar-refractivity contribution in [3.63, 3.8) is 0 Å². The maximum Gasteiger partial charge on any atom is 0.287 e. The van der Waals surface area contributed by atoms with Crippen LogP contribution in [-0.4, -0.2) is 33.0 Å². The van der Waals surface area contributed by atoms with Crippen LogP contribution in [0.1, 0.15) is 29.1 Å². The summed E-state index contributed by atoms with van der Waals surface area (Å²) >= 11 is 0. The van der Waals surface area contributed by atoms with Gasteiger partial charge in [-0.25, -0.2) is 8.42 Å². The zero-order chi connectivity index (χ0) is 18.4. The molecule has 25 heavy (non-hydrogen) atoms. The van der Waals surface area contributed by atoms with E-state index in [0.717, 1.165) is 11.8 Å². The van der Waals surface area contributed by atoms with Crippen molar-refractivity contribution in [2.24, 2.45) is 0 Å². The summed E-state index contributed by atoms with van der Waals surface area (Å²) in [6.45, 7) is 1.55. The van der Waals surface area contributed by atoms with Crippen molar-refractivity contribution in [3.05, 3.63) is 54.0 Å². The molecule has 0 saturated heterocycles. The van der Waals surface area contributed by atoms with E-state index < -0.39 is 15.9 Å². The second-order valence-electron chi connectivity index (χ2n) is 5.45. The Morgan fingerprint density at radius 1 is 1.20 bits per heavy atom. The molecule has 2 aromatic rings. The number of carbonyl (C=O) groups excluding carboxylic acids is 2. The van der Waals surface area contributed by atoms with E-state index in [1.807, 2.05) is 0 Å². The predicted octanol–water partition coefficient (Wildman–Crippen LogP) is 1.26. The largest absolute Gasteiger partial charge is 0.459 e. The molecule has 3 N–H and O–H groups in total. The third-order valence-corrected chi connectivity index (χ3v) is 3.83. The van der Waals surface area contributed by atoms with Gasteiger partial charge in [0.1, 0.15) is 0 Å². The summed E-state index contributed by atoms with van der Waals surface area (Å²) in [5, 5.41) is 5.17. The van der Waals surface area contributed by atoms with E-state index in [1.54, 1.807) is 37.3 Å². The molecule has 1 aromatic carbocycles. The highest BCUT2D eigenvalue weighted by atomic mass is 32.2. The monoisotopic (exact) mass is 365 g/mol. The number of nitrogens with one attached hydrogen (secondary N) is 3. The molecule has 1 aromatic heterocycles. The van der Waals surface area contributed by atoms with Crippen LogP contribution >= 0.6 is 0 Å². The summed E-state index contributed by atoms with van der Waals surface area (Å²) in [5.41, 5.74) is 1.13. The van der Waals surface area contributed by atoms with E-state index in [-0.39, 0.29) is 24.3 Å². The quantitative estimate of drug-likeness (QED) is 0.683. The molecular formula is C16H19N3O5S. The van der Waals surface area contributed by atoms with Crippen molar-refractivity contribution in [1.82, 2.24) is 10.6 Å². The Balaban J connectivity index is 1.90. The minimum absolute atomic E-state index is 0.125. The average Bonchev–Trinajstić information content (AvgIpc) is 3.05. The lowest BCUT2D eigenvalue weighted by Gasteiger charge is -2.16. The van der Waals surface area contributed by atoms with Crippen molar-refractivity contribution in [3.8, 4) is 0 Å². The highest BCUT2D eigenvalue weighted by molar-refractivity contribution is 7.92. The highest BCUT2D eigenvalue weighted by Gasteiger charge is 2.13. The molecule has 9 heteroatoms. The summed E-state index contributed by atoms with van der Waals surface area (Å²) < 4.78 is 29.9. The maximum absolute atomic E-state index is 11.9. The van der Waals surface area contributed by atoms with E-state index in [2.05, 4.69) is 15.4 Å². The Bertz CT molecular complexity index is 846. The Morgan fingerprint density at radius 2 is 1.96 bits per heavy atom. The van der Waals surface area contributed by atoms with Crippen LogP contribution in [0, 0.1) is 0 Å². The SMILES string of the molecule is C[C@H](NC(=O)CNC(=O)c1ccco1)c1cccc(NS(C)(=O)=O)c1. The van der Waals surface area contributed by atoms with Gasteiger partial charge >= 0.3 is 0 Å². The standard InChI is InChI=1S/C16H19N3O5S/c1-11(12-5-3-6-13(9-12)19-25(2,22)23)18-15(20)10-17-16(21)14-7-4-8-24-14/h3-9,11,19H,10H2,1-2H3,(H,17,21)(H,18,20)/t11-/m0/s1. The minimum Gasteiger partial charge on any atom is -0.459 e. The zero-order valence-corrected chi connectivity index (χ0v) is 14.6. The van der Waals surface area contributed by atoms with Gasteiger partial charge in [-0.1, -0.05) is 12.1 Å². The summed E-state index contributed by atoms with van der Waals surface area (Å²) in [4.78, 5) is 23.6. The Morgan fingerprint density at radius 3 is 2.60 bits per heavy atom. The van der Waals surface area contributed by atoms with Gasteiger partial charge < -0.3 is 15.1 Å². The van der Waals surface area contributed by atoms with Crippen LogP contribution in [0.15, 0.2) is 47.1 Å². The first kappa shape index (κ1) is 18.5. The summed E-state index contributed by atoms with van der Waals surface area (Å²) in [7, 11) is -3.38. The van der Waals surface area contributed by atoms with E-state index in [1.165, 1.54) is 12.3 Å². The lowest BCUT2D eigenvalue weighted by Crippen LogP contribution is -2.37. The lowest BCUT2D eigenvalue weighted by molar-refractivity contribution is -0.120. The molecule has 0 aliphatic heterocycles. The predicted molar refractivity (Wildman–Crippen MR) is 92.5 cm³/mol. The van der Waals surface area contributed by atoms with Crippen LogP contribution in [0.4, 0.5) is 5.69 Å². The molecule has 0 fully saturated rings. The molecule has 0 radical (unpaired) electrons. The van der Waals surface area contributed by atoms with Gasteiger partial charge in [0.15, 0.2) is 5.76 Å². The number of furan rings is 1. The van der Waals surface area contributed by atoms with Crippen molar-refractivity contribution >= 4 is 27.5 Å². The normalized spacial score (nSPS) is 12.2. The molecule has 0 aliphatic rings. The van der Waals surface area contributed by atoms with Crippen LogP contribution < -0.4 is 15.4 Å². The van der Waals surface area contributed by atoms with Crippen molar-refractivity contribution in [1.29, 1.82) is 0 Å². The number of carbonyl (C=O) groups is 2. The smallest absolute Gasteiger partial charge is 0.287 e. The van der Waals surface area contributed by atoms with Crippen LogP contribution in [0.3, 0.4) is 0 Å². The first-order valence-electron chi connectivity index (χ1n) is 7.43. The van der Waals surface area contributed by atoms with Crippen LogP contribution in [0.2, 0.25) is 0 Å². The fourth-order valence-corrected chi connectivity index (χ4v) is 2.67. The van der Waals surface area contributed by atoms with Gasteiger partial charge in [0.05, 0.1) is 25.1 Å². The van der Waals surface area contributed by atoms with Crippen LogP contribution in [0.25, 0.3) is 0 Å². The second kappa shape index (κ2) is 7.84. The van der Waals surface area contributed by atoms with E-state index in [9.17, 15) is 18.0 Å². The summed E-state index contributed by atoms with van der Waals surface area (Å²) in [6.07, 6.45) is 2.43. The third kappa shape index (κ3) is 5.96. The summed E-state index contributed by atoms with van der Waals surface area (Å²) in [6, 6.07) is 9.40. The maximum atomic E-state index is 11.9. The number of hydrogen-bond acceptors (Lipinski definition) is 5. The number of hydrogen-bond donors (Lipinski definition) is 3. The molecule has 0 unspecified atom stereocenters. The topological polar surface area (TPSA) is 118 Å². The number of rotatable bonds is 7. The van der Waals surface area contributed by atoms with E-state index in [4.69, 9.17) is 4.42 Å². The number of anilines is 1. The van der Waals surface area contributed by atoms with Gasteiger partial charge in [-0.2, -0.15) is 0 Å². The van der Waals surface area contributed by atoms with E-state index >= 15 is 0 Å². The molecule has 1 heterocycles. The molecule has 1 atom stereocenters. The first-order chi connectivity index (χ1) is 11.7. The number of benzene rings is 1. The highest BCUT2D eigenvalue weighted by Crippen LogP contribution is 2.18. The Kier molecular flexibility index (Phi) is 5.81. The van der Waals surface area contributed by atoms with Gasteiger partial charge in [-0.05, 0) is 36.8 Å². The van der Waals surface area contributed by atoms with Crippen LogP contribution in [0.5, 0.6) is 0 Å². The number of amides is 2. The van der Waals surface area contributed by atoms with Crippen molar-refractivity contribution in [2.75, 3.05) is 17.5 Å². The number of sulfonamides is 1. The molecule has 0 aliphatic carbocycles. The van der Waals surface area contributed by atoms with Crippen LogP contribution in [-0.2, 0) is 14.8 Å². The fraction of sp³-hybridized carbons (Fsp3) is 0.250.